The maximum Gasteiger partial charge on any atom is 0.311 e. The van der Waals surface area contributed by atoms with E-state index in [1.165, 1.54) is 0 Å². The molecule has 3 fully saturated rings. The molecule has 0 aromatic carbocycles. The monoisotopic (exact) mass is 405 g/mol. The predicted octanol–water partition coefficient (Wildman–Crippen LogP) is 0.558. The van der Waals surface area contributed by atoms with Crippen molar-refractivity contribution < 1.29 is 23.8 Å². The van der Waals surface area contributed by atoms with Crippen LogP contribution in [-0.2, 0) is 20.9 Å². The molecule has 1 aromatic rings. The Balaban J connectivity index is 1.45. The van der Waals surface area contributed by atoms with Gasteiger partial charge in [0, 0.05) is 51.2 Å². The molecule has 2 saturated heterocycles. The fourth-order valence-corrected chi connectivity index (χ4v) is 4.74. The number of nitrogens with zero attached hydrogens (tertiary/aromatic N) is 3. The Hall–Kier alpha value is -1.90. The standard InChI is InChI=1S/C21H31N3O5/c1-2-28-21(27)16-10-22(14-19-4-3-7-29-19)12-17-13-24(6-5-23(17)11-16)20(26)15-8-18(25)9-15/h3-4,7,15-18,25H,2,5-6,8-14H2,1H3/t15?,16-,17-,18?/m1/s1. The molecule has 8 heteroatoms. The van der Waals surface area contributed by atoms with Crippen LogP contribution in [0, 0.1) is 11.8 Å². The molecule has 1 aromatic heterocycles. The topological polar surface area (TPSA) is 86.5 Å². The van der Waals surface area contributed by atoms with Crippen LogP contribution in [0.2, 0.25) is 0 Å². The van der Waals surface area contributed by atoms with Crippen molar-refractivity contribution >= 4 is 11.9 Å². The van der Waals surface area contributed by atoms with Crippen molar-refractivity contribution in [1.82, 2.24) is 14.7 Å². The third-order valence-electron chi connectivity index (χ3n) is 6.36. The molecule has 3 aliphatic rings. The number of piperazine rings is 1. The van der Waals surface area contributed by atoms with Gasteiger partial charge in [0.05, 0.1) is 31.4 Å². The molecule has 0 unspecified atom stereocenters. The van der Waals surface area contributed by atoms with E-state index in [2.05, 4.69) is 9.80 Å². The lowest BCUT2D eigenvalue weighted by atomic mass is 9.81. The highest BCUT2D eigenvalue weighted by molar-refractivity contribution is 5.80. The first-order valence-electron chi connectivity index (χ1n) is 10.7. The van der Waals surface area contributed by atoms with Crippen LogP contribution in [0.3, 0.4) is 0 Å². The molecular weight excluding hydrogens is 374 g/mol. The SMILES string of the molecule is CCOC(=O)[C@@H]1CN(Cc2ccco2)C[C@@H]2CN(C(=O)C3CC(O)C3)CCN2C1. The normalized spacial score (nSPS) is 30.9. The molecule has 1 amide bonds. The lowest BCUT2D eigenvalue weighted by Crippen LogP contribution is -2.59. The number of hydrogen-bond donors (Lipinski definition) is 1. The van der Waals surface area contributed by atoms with E-state index in [0.29, 0.717) is 52.2 Å². The number of amides is 1. The van der Waals surface area contributed by atoms with Crippen LogP contribution in [0.5, 0.6) is 0 Å². The van der Waals surface area contributed by atoms with E-state index in [0.717, 1.165) is 18.8 Å². The fraction of sp³-hybridized carbons (Fsp3) is 0.714. The van der Waals surface area contributed by atoms with Crippen LogP contribution < -0.4 is 0 Å². The summed E-state index contributed by atoms with van der Waals surface area (Å²) in [5, 5.41) is 9.53. The Morgan fingerprint density at radius 3 is 2.69 bits per heavy atom. The van der Waals surface area contributed by atoms with Crippen molar-refractivity contribution in [1.29, 1.82) is 0 Å². The number of ether oxygens (including phenoxy) is 1. The lowest BCUT2D eigenvalue weighted by molar-refractivity contribution is -0.150. The number of esters is 1. The summed E-state index contributed by atoms with van der Waals surface area (Å²) in [6, 6.07) is 3.99. The second-order valence-corrected chi connectivity index (χ2v) is 8.48. The van der Waals surface area contributed by atoms with Crippen LogP contribution in [0.1, 0.15) is 25.5 Å². The fourth-order valence-electron chi connectivity index (χ4n) is 4.74. The van der Waals surface area contributed by atoms with E-state index in [9.17, 15) is 14.7 Å². The largest absolute Gasteiger partial charge is 0.468 e. The minimum absolute atomic E-state index is 0.0335. The number of hydrogen-bond acceptors (Lipinski definition) is 7. The van der Waals surface area contributed by atoms with Gasteiger partial charge in [0.1, 0.15) is 5.76 Å². The van der Waals surface area contributed by atoms with Crippen LogP contribution in [0.4, 0.5) is 0 Å². The minimum Gasteiger partial charge on any atom is -0.468 e. The molecule has 1 N–H and O–H groups in total. The first kappa shape index (κ1) is 20.4. The van der Waals surface area contributed by atoms with Crippen molar-refractivity contribution in [2.75, 3.05) is 45.9 Å². The molecule has 29 heavy (non-hydrogen) atoms. The van der Waals surface area contributed by atoms with E-state index >= 15 is 0 Å². The Labute approximate surface area is 171 Å². The van der Waals surface area contributed by atoms with Crippen LogP contribution in [0.25, 0.3) is 0 Å². The molecule has 3 heterocycles. The highest BCUT2D eigenvalue weighted by Crippen LogP contribution is 2.30. The lowest BCUT2D eigenvalue weighted by Gasteiger charge is -2.44. The maximum atomic E-state index is 12.8. The van der Waals surface area contributed by atoms with E-state index in [4.69, 9.17) is 9.15 Å². The van der Waals surface area contributed by atoms with Gasteiger partial charge in [-0.1, -0.05) is 0 Å². The second kappa shape index (κ2) is 8.85. The van der Waals surface area contributed by atoms with E-state index in [-0.39, 0.29) is 35.9 Å². The highest BCUT2D eigenvalue weighted by Gasteiger charge is 2.41. The van der Waals surface area contributed by atoms with Crippen molar-refractivity contribution in [3.05, 3.63) is 24.2 Å². The molecule has 1 aliphatic carbocycles. The molecule has 2 aliphatic heterocycles. The number of aliphatic hydroxyl groups excluding tert-OH is 1. The zero-order valence-corrected chi connectivity index (χ0v) is 17.0. The Morgan fingerprint density at radius 2 is 2.00 bits per heavy atom. The highest BCUT2D eigenvalue weighted by atomic mass is 16.5. The van der Waals surface area contributed by atoms with Gasteiger partial charge in [-0.3, -0.25) is 19.4 Å². The van der Waals surface area contributed by atoms with Crippen LogP contribution in [0.15, 0.2) is 22.8 Å². The van der Waals surface area contributed by atoms with Gasteiger partial charge >= 0.3 is 5.97 Å². The number of furan rings is 1. The first-order chi connectivity index (χ1) is 14.0. The van der Waals surface area contributed by atoms with E-state index < -0.39 is 0 Å². The number of rotatable bonds is 5. The smallest absolute Gasteiger partial charge is 0.311 e. The summed E-state index contributed by atoms with van der Waals surface area (Å²) in [5.74, 6) is 0.638. The average Bonchev–Trinajstić information content (AvgIpc) is 3.11. The van der Waals surface area contributed by atoms with Gasteiger partial charge in [-0.2, -0.15) is 0 Å². The Morgan fingerprint density at radius 1 is 1.17 bits per heavy atom. The number of aliphatic hydroxyl groups is 1. The van der Waals surface area contributed by atoms with Crippen molar-refractivity contribution in [2.45, 2.75) is 38.5 Å². The quantitative estimate of drug-likeness (QED) is 0.716. The molecule has 0 radical (unpaired) electrons. The van der Waals surface area contributed by atoms with Gasteiger partial charge in [0.15, 0.2) is 0 Å². The second-order valence-electron chi connectivity index (χ2n) is 8.48. The van der Waals surface area contributed by atoms with Crippen LogP contribution >= 0.6 is 0 Å². The van der Waals surface area contributed by atoms with Crippen molar-refractivity contribution in [3.63, 3.8) is 0 Å². The number of carbonyl (C=O) groups is 2. The molecule has 160 valence electrons. The van der Waals surface area contributed by atoms with Crippen LogP contribution in [-0.4, -0.2) is 89.7 Å². The van der Waals surface area contributed by atoms with Gasteiger partial charge in [-0.15, -0.1) is 0 Å². The summed E-state index contributed by atoms with van der Waals surface area (Å²) in [4.78, 5) is 31.8. The minimum atomic E-state index is -0.322. The number of carbonyl (C=O) groups excluding carboxylic acids is 2. The van der Waals surface area contributed by atoms with Crippen molar-refractivity contribution in [3.8, 4) is 0 Å². The summed E-state index contributed by atoms with van der Waals surface area (Å²) in [7, 11) is 0. The zero-order chi connectivity index (χ0) is 20.4. The van der Waals surface area contributed by atoms with Crippen molar-refractivity contribution in [2.24, 2.45) is 11.8 Å². The molecule has 0 spiro atoms. The average molecular weight is 405 g/mol. The summed E-state index contributed by atoms with van der Waals surface area (Å²) < 4.78 is 10.8. The molecule has 1 saturated carbocycles. The Bertz CT molecular complexity index is 703. The summed E-state index contributed by atoms with van der Waals surface area (Å²) >= 11 is 0. The van der Waals surface area contributed by atoms with Gasteiger partial charge < -0.3 is 19.2 Å². The predicted molar refractivity (Wildman–Crippen MR) is 105 cm³/mol. The van der Waals surface area contributed by atoms with Gasteiger partial charge in [0.25, 0.3) is 0 Å². The maximum absolute atomic E-state index is 12.8. The van der Waals surface area contributed by atoms with Gasteiger partial charge in [-0.05, 0) is 31.9 Å². The van der Waals surface area contributed by atoms with Gasteiger partial charge in [-0.25, -0.2) is 0 Å². The number of fused-ring (bicyclic) bond motifs is 1. The van der Waals surface area contributed by atoms with Gasteiger partial charge in [0.2, 0.25) is 5.91 Å². The molecule has 4 rings (SSSR count). The summed E-state index contributed by atoms with van der Waals surface area (Å²) in [5.41, 5.74) is 0. The third kappa shape index (κ3) is 4.65. The first-order valence-corrected chi connectivity index (χ1v) is 10.7. The Kier molecular flexibility index (Phi) is 6.22. The van der Waals surface area contributed by atoms with E-state index in [1.807, 2.05) is 24.0 Å². The summed E-state index contributed by atoms with van der Waals surface area (Å²) in [6.07, 6.45) is 2.51. The molecule has 2 atom stereocenters. The third-order valence-corrected chi connectivity index (χ3v) is 6.36. The zero-order valence-electron chi connectivity index (χ0n) is 17.0. The molecule has 0 bridgehead atoms. The summed E-state index contributed by atoms with van der Waals surface area (Å²) in [6.45, 7) is 7.00. The molecular formula is C21H31N3O5. The molecule has 8 nitrogen and oxygen atoms in total. The van der Waals surface area contributed by atoms with E-state index in [1.54, 1.807) is 6.26 Å².